The van der Waals surface area contributed by atoms with E-state index in [1.165, 1.54) is 4.90 Å². The number of tetrazole rings is 1. The number of rotatable bonds is 7. The minimum absolute atomic E-state index is 0.00625. The van der Waals surface area contributed by atoms with Crippen LogP contribution in [0.15, 0.2) is 24.3 Å². The van der Waals surface area contributed by atoms with E-state index < -0.39 is 29.8 Å². The molecule has 5 rings (SSSR count). The third-order valence-electron chi connectivity index (χ3n) is 7.80. The summed E-state index contributed by atoms with van der Waals surface area (Å²) >= 11 is 0. The van der Waals surface area contributed by atoms with Gasteiger partial charge in [-0.05, 0) is 63.8 Å². The van der Waals surface area contributed by atoms with Crippen molar-refractivity contribution in [2.24, 2.45) is 0 Å². The van der Waals surface area contributed by atoms with E-state index in [4.69, 9.17) is 4.74 Å². The summed E-state index contributed by atoms with van der Waals surface area (Å²) in [6.07, 6.45) is 1.28. The summed E-state index contributed by atoms with van der Waals surface area (Å²) in [5.74, 6) is 0.154. The number of alkyl carbamates (subject to hydrolysis) is 1. The number of likely N-dealkylation sites (tertiary alicyclic amines) is 3. The zero-order valence-corrected chi connectivity index (χ0v) is 23.2. The number of hydrogen-bond donors (Lipinski definition) is 2. The number of aromatic nitrogens is 4. The Morgan fingerprint density at radius 1 is 1.32 bits per heavy atom. The van der Waals surface area contributed by atoms with Gasteiger partial charge in [0.2, 0.25) is 17.6 Å². The van der Waals surface area contributed by atoms with Gasteiger partial charge in [-0.3, -0.25) is 14.5 Å². The van der Waals surface area contributed by atoms with E-state index in [-0.39, 0.29) is 30.4 Å². The number of fused-ring (bicyclic) bond motifs is 2. The van der Waals surface area contributed by atoms with Gasteiger partial charge in [-0.15, -0.1) is 10.2 Å². The number of nitriles is 1. The molecule has 2 bridgehead atoms. The van der Waals surface area contributed by atoms with Gasteiger partial charge in [-0.25, -0.2) is 4.79 Å². The molecule has 4 unspecified atom stereocenters. The highest BCUT2D eigenvalue weighted by molar-refractivity contribution is 5.88. The zero-order chi connectivity index (χ0) is 28.6. The van der Waals surface area contributed by atoms with Gasteiger partial charge < -0.3 is 19.9 Å². The first-order valence-electron chi connectivity index (χ1n) is 13.7. The number of nitrogens with zero attached hydrogens (tertiary/aromatic N) is 7. The summed E-state index contributed by atoms with van der Waals surface area (Å²) in [6, 6.07) is 7.89. The summed E-state index contributed by atoms with van der Waals surface area (Å²) in [5.41, 5.74) is 1.04. The fraction of sp³-hybridized carbons (Fsp3) is 0.593. The molecule has 0 saturated carbocycles. The van der Waals surface area contributed by atoms with Crippen LogP contribution in [0.2, 0.25) is 0 Å². The van der Waals surface area contributed by atoms with Crippen LogP contribution in [-0.2, 0) is 14.3 Å². The third-order valence-corrected chi connectivity index (χ3v) is 7.80. The average Bonchev–Trinajstić information content (AvgIpc) is 3.71. The lowest BCUT2D eigenvalue weighted by atomic mass is 10.0. The number of amides is 3. The predicted molar refractivity (Wildman–Crippen MR) is 142 cm³/mol. The minimum atomic E-state index is -0.937. The molecule has 3 aliphatic heterocycles. The van der Waals surface area contributed by atoms with Gasteiger partial charge in [0.1, 0.15) is 17.7 Å². The molecule has 13 heteroatoms. The highest BCUT2D eigenvalue weighted by Crippen LogP contribution is 2.38. The van der Waals surface area contributed by atoms with Crippen LogP contribution in [0.4, 0.5) is 4.79 Å². The lowest BCUT2D eigenvalue weighted by Gasteiger charge is -2.39. The first-order chi connectivity index (χ1) is 19.1. The molecule has 5 atom stereocenters. The zero-order valence-electron chi connectivity index (χ0n) is 23.2. The number of nitrogens with one attached hydrogen (secondary N) is 2. The smallest absolute Gasteiger partial charge is 0.408 e. The maximum absolute atomic E-state index is 13.6. The summed E-state index contributed by atoms with van der Waals surface area (Å²) in [7, 11) is 0. The third kappa shape index (κ3) is 5.49. The Labute approximate surface area is 232 Å². The Bertz CT molecular complexity index is 1300. The molecular formula is C27H35N9O4. The Hall–Kier alpha value is -4.05. The summed E-state index contributed by atoms with van der Waals surface area (Å²) in [5, 5.41) is 26.4. The second kappa shape index (κ2) is 10.8. The number of piperazine rings is 1. The van der Waals surface area contributed by atoms with Crippen molar-refractivity contribution in [2.45, 2.75) is 82.8 Å². The van der Waals surface area contributed by atoms with Crippen LogP contribution in [0, 0.1) is 11.3 Å². The molecule has 0 aliphatic carbocycles. The molecule has 1 aromatic heterocycles. The first-order valence-corrected chi connectivity index (χ1v) is 13.7. The van der Waals surface area contributed by atoms with Crippen LogP contribution in [0.3, 0.4) is 0 Å². The highest BCUT2D eigenvalue weighted by atomic mass is 16.6. The number of H-pyrrole nitrogens is 1. The Morgan fingerprint density at radius 3 is 2.80 bits per heavy atom. The van der Waals surface area contributed by atoms with E-state index in [2.05, 4.69) is 32.0 Å². The van der Waals surface area contributed by atoms with Crippen molar-refractivity contribution in [3.05, 3.63) is 29.8 Å². The van der Waals surface area contributed by atoms with E-state index in [9.17, 15) is 19.6 Å². The van der Waals surface area contributed by atoms with Crippen molar-refractivity contribution in [2.75, 3.05) is 19.6 Å². The number of carbonyl (C=O) groups excluding carboxylic acids is 3. The predicted octanol–water partition coefficient (Wildman–Crippen LogP) is 1.62. The number of benzene rings is 1. The van der Waals surface area contributed by atoms with Gasteiger partial charge in [0.25, 0.3) is 0 Å². The number of hydrogen-bond acceptors (Lipinski definition) is 9. The fourth-order valence-electron chi connectivity index (χ4n) is 6.02. The molecule has 40 heavy (non-hydrogen) atoms. The second-order valence-electron chi connectivity index (χ2n) is 11.7. The van der Waals surface area contributed by atoms with E-state index in [1.807, 2.05) is 41.0 Å². The van der Waals surface area contributed by atoms with E-state index in [0.717, 1.165) is 17.5 Å². The van der Waals surface area contributed by atoms with Crippen molar-refractivity contribution in [3.8, 4) is 17.5 Å². The molecule has 3 saturated heterocycles. The van der Waals surface area contributed by atoms with Crippen molar-refractivity contribution >= 4 is 17.9 Å². The van der Waals surface area contributed by atoms with Gasteiger partial charge in [-0.2, -0.15) is 10.5 Å². The second-order valence-corrected chi connectivity index (χ2v) is 11.7. The van der Waals surface area contributed by atoms with Crippen LogP contribution < -0.4 is 5.32 Å². The quantitative estimate of drug-likeness (QED) is 0.523. The minimum Gasteiger partial charge on any atom is -0.444 e. The molecule has 13 nitrogen and oxygen atoms in total. The summed E-state index contributed by atoms with van der Waals surface area (Å²) < 4.78 is 5.42. The molecule has 2 aromatic rings. The summed E-state index contributed by atoms with van der Waals surface area (Å²) in [4.78, 5) is 45.3. The van der Waals surface area contributed by atoms with E-state index in [0.29, 0.717) is 31.8 Å². The van der Waals surface area contributed by atoms with Gasteiger partial charge >= 0.3 is 6.09 Å². The largest absolute Gasteiger partial charge is 0.444 e. The van der Waals surface area contributed by atoms with Crippen molar-refractivity contribution in [1.82, 2.24) is 40.6 Å². The summed E-state index contributed by atoms with van der Waals surface area (Å²) in [6.45, 7) is 8.46. The van der Waals surface area contributed by atoms with Gasteiger partial charge in [0, 0.05) is 31.2 Å². The van der Waals surface area contributed by atoms with Gasteiger partial charge in [0.15, 0.2) is 0 Å². The molecule has 3 amide bonds. The van der Waals surface area contributed by atoms with Crippen LogP contribution in [0.5, 0.6) is 0 Å². The Morgan fingerprint density at radius 2 is 2.12 bits per heavy atom. The first kappa shape index (κ1) is 27.5. The van der Waals surface area contributed by atoms with E-state index in [1.54, 1.807) is 20.8 Å². The topological polar surface area (TPSA) is 160 Å². The van der Waals surface area contributed by atoms with Crippen LogP contribution in [0.25, 0.3) is 11.4 Å². The SMILES string of the molecule is CC(c1cccc(-c2nn[nH]n2)c1)N1C(=O)C2C[C@H]1CN2CC(NC(=O)OC(C)(C)C)C(=O)N1CCCC1C#N. The van der Waals surface area contributed by atoms with Crippen molar-refractivity contribution < 1.29 is 19.1 Å². The van der Waals surface area contributed by atoms with Crippen LogP contribution in [-0.4, -0.2) is 103 Å². The van der Waals surface area contributed by atoms with Gasteiger partial charge in [0.05, 0.1) is 18.2 Å². The van der Waals surface area contributed by atoms with Crippen molar-refractivity contribution in [3.63, 3.8) is 0 Å². The number of ether oxygens (including phenoxy) is 1. The number of carbonyl (C=O) groups is 3. The molecule has 0 radical (unpaired) electrons. The molecule has 1 aromatic carbocycles. The molecule has 3 aliphatic rings. The fourth-order valence-corrected chi connectivity index (χ4v) is 6.02. The lowest BCUT2D eigenvalue weighted by molar-refractivity contribution is -0.141. The molecule has 3 fully saturated rings. The van der Waals surface area contributed by atoms with Crippen LogP contribution >= 0.6 is 0 Å². The molecule has 0 spiro atoms. The highest BCUT2D eigenvalue weighted by Gasteiger charge is 2.52. The van der Waals surface area contributed by atoms with Crippen LogP contribution in [0.1, 0.15) is 58.6 Å². The normalized spacial score (nSPS) is 24.2. The Kier molecular flexibility index (Phi) is 7.46. The Balaban J connectivity index is 1.30. The van der Waals surface area contributed by atoms with Crippen molar-refractivity contribution in [1.29, 1.82) is 5.26 Å². The van der Waals surface area contributed by atoms with E-state index >= 15 is 0 Å². The standard InChI is InChI=1S/C27H35N9O4/c1-16(17-7-5-8-18(11-17)23-30-32-33-31-23)36-20-12-22(25(36)38)34(14-20)15-21(29-26(39)40-27(2,3)4)24(37)35-10-6-9-19(35)13-28/h5,7-8,11,16,19-22H,6,9-10,12,14-15H2,1-4H3,(H,29,39)(H,30,31,32,33)/t16?,19?,20-,21?,22?/m0/s1. The molecule has 2 N–H and O–H groups in total. The monoisotopic (exact) mass is 549 g/mol. The number of aromatic amines is 1. The molecule has 4 heterocycles. The molecular weight excluding hydrogens is 514 g/mol. The average molecular weight is 550 g/mol. The molecule has 212 valence electrons. The lowest BCUT2D eigenvalue weighted by Crippen LogP contribution is -2.59. The van der Waals surface area contributed by atoms with Gasteiger partial charge in [-0.1, -0.05) is 18.2 Å². The maximum atomic E-state index is 13.6. The maximum Gasteiger partial charge on any atom is 0.408 e.